The molecule has 0 aliphatic heterocycles. The van der Waals surface area contributed by atoms with Crippen LogP contribution in [0.15, 0.2) is 225 Å². The summed E-state index contributed by atoms with van der Waals surface area (Å²) < 4.78 is 2.36. The van der Waals surface area contributed by atoms with Gasteiger partial charge in [0, 0.05) is 45.9 Å². The summed E-state index contributed by atoms with van der Waals surface area (Å²) in [5.41, 5.74) is 16.2. The van der Waals surface area contributed by atoms with Crippen LogP contribution in [0.1, 0.15) is 0 Å². The Bertz CT molecular complexity index is 2920. The van der Waals surface area contributed by atoms with Gasteiger partial charge in [0.05, 0.1) is 11.0 Å². The van der Waals surface area contributed by atoms with Gasteiger partial charge >= 0.3 is 0 Å². The standard InChI is InChI=1S/C53H37N3/c1-4-13-40(14-5-1)48-32-31-47(36-50(48)41-15-6-2-7-16-41)55(46-29-24-39(25-30-46)43-17-12-34-54-37-43)45-27-22-38(23-28-45)42-26-33-53-51(35-42)49-20-10-11-21-52(49)56(53)44-18-8-3-9-19-44/h1-37H. The summed E-state index contributed by atoms with van der Waals surface area (Å²) >= 11 is 0. The molecular weight excluding hydrogens is 679 g/mol. The Labute approximate surface area is 327 Å². The highest BCUT2D eigenvalue weighted by Crippen LogP contribution is 2.42. The van der Waals surface area contributed by atoms with Crippen LogP contribution >= 0.6 is 0 Å². The zero-order valence-corrected chi connectivity index (χ0v) is 30.7. The molecule has 0 radical (unpaired) electrons. The number of anilines is 3. The molecule has 8 aromatic carbocycles. The lowest BCUT2D eigenvalue weighted by Gasteiger charge is -2.27. The first-order chi connectivity index (χ1) is 27.8. The minimum atomic E-state index is 1.08. The molecule has 0 bridgehead atoms. The van der Waals surface area contributed by atoms with Crippen LogP contribution in [0.3, 0.4) is 0 Å². The fourth-order valence-corrected chi connectivity index (χ4v) is 7.99. The molecule has 0 saturated carbocycles. The molecule has 3 nitrogen and oxygen atoms in total. The molecule has 0 spiro atoms. The second kappa shape index (κ2) is 14.4. The highest BCUT2D eigenvalue weighted by atomic mass is 15.1. The van der Waals surface area contributed by atoms with Crippen molar-refractivity contribution in [3.63, 3.8) is 0 Å². The number of rotatable bonds is 8. The van der Waals surface area contributed by atoms with Crippen molar-refractivity contribution < 1.29 is 0 Å². The third-order valence-electron chi connectivity index (χ3n) is 10.7. The Morgan fingerprint density at radius 3 is 1.54 bits per heavy atom. The van der Waals surface area contributed by atoms with Crippen LogP contribution in [0.2, 0.25) is 0 Å². The molecule has 0 saturated heterocycles. The second-order valence-electron chi connectivity index (χ2n) is 14.1. The molecule has 0 unspecified atom stereocenters. The van der Waals surface area contributed by atoms with Crippen molar-refractivity contribution in [3.8, 4) is 50.2 Å². The van der Waals surface area contributed by atoms with Gasteiger partial charge in [0.2, 0.25) is 0 Å². The van der Waals surface area contributed by atoms with Gasteiger partial charge in [-0.05, 0) is 117 Å². The molecule has 10 rings (SSSR count). The van der Waals surface area contributed by atoms with Crippen LogP contribution in [0.5, 0.6) is 0 Å². The summed E-state index contributed by atoms with van der Waals surface area (Å²) in [6.07, 6.45) is 3.73. The maximum Gasteiger partial charge on any atom is 0.0541 e. The van der Waals surface area contributed by atoms with E-state index in [1.807, 2.05) is 18.5 Å². The molecular formula is C53H37N3. The number of benzene rings is 8. The summed E-state index contributed by atoms with van der Waals surface area (Å²) in [5.74, 6) is 0. The monoisotopic (exact) mass is 715 g/mol. The zero-order chi connectivity index (χ0) is 37.3. The molecule has 0 fully saturated rings. The fourth-order valence-electron chi connectivity index (χ4n) is 7.99. The average molecular weight is 716 g/mol. The van der Waals surface area contributed by atoms with Gasteiger partial charge in [-0.25, -0.2) is 0 Å². The van der Waals surface area contributed by atoms with Crippen molar-refractivity contribution in [1.82, 2.24) is 9.55 Å². The molecule has 0 amide bonds. The molecule has 0 aliphatic rings. The lowest BCUT2D eigenvalue weighted by atomic mass is 9.93. The van der Waals surface area contributed by atoms with Crippen molar-refractivity contribution in [3.05, 3.63) is 225 Å². The Balaban J connectivity index is 1.08. The van der Waals surface area contributed by atoms with Gasteiger partial charge in [-0.15, -0.1) is 0 Å². The van der Waals surface area contributed by atoms with Gasteiger partial charge < -0.3 is 9.47 Å². The lowest BCUT2D eigenvalue weighted by molar-refractivity contribution is 1.18. The molecule has 3 heteroatoms. The zero-order valence-electron chi connectivity index (χ0n) is 30.7. The van der Waals surface area contributed by atoms with Crippen molar-refractivity contribution in [2.24, 2.45) is 0 Å². The van der Waals surface area contributed by atoms with Gasteiger partial charge in [-0.3, -0.25) is 4.98 Å². The van der Waals surface area contributed by atoms with E-state index in [0.717, 1.165) is 33.9 Å². The van der Waals surface area contributed by atoms with E-state index in [-0.39, 0.29) is 0 Å². The van der Waals surface area contributed by atoms with Crippen molar-refractivity contribution in [2.75, 3.05) is 4.90 Å². The van der Waals surface area contributed by atoms with Gasteiger partial charge in [-0.2, -0.15) is 0 Å². The van der Waals surface area contributed by atoms with Crippen LogP contribution in [0.4, 0.5) is 17.1 Å². The number of nitrogens with zero attached hydrogens (tertiary/aromatic N) is 3. The number of para-hydroxylation sites is 2. The molecule has 0 aliphatic carbocycles. The van der Waals surface area contributed by atoms with Crippen molar-refractivity contribution in [1.29, 1.82) is 0 Å². The van der Waals surface area contributed by atoms with Crippen molar-refractivity contribution in [2.45, 2.75) is 0 Å². The smallest absolute Gasteiger partial charge is 0.0541 e. The fraction of sp³-hybridized carbons (Fsp3) is 0. The van der Waals surface area contributed by atoms with E-state index in [2.05, 4.69) is 221 Å². The largest absolute Gasteiger partial charge is 0.310 e. The van der Waals surface area contributed by atoms with Gasteiger partial charge in [0.15, 0.2) is 0 Å². The second-order valence-corrected chi connectivity index (χ2v) is 14.1. The number of hydrogen-bond acceptors (Lipinski definition) is 2. The maximum absolute atomic E-state index is 4.35. The Morgan fingerprint density at radius 1 is 0.339 bits per heavy atom. The molecule has 264 valence electrons. The Kier molecular flexibility index (Phi) is 8.51. The molecule has 0 N–H and O–H groups in total. The number of hydrogen-bond donors (Lipinski definition) is 0. The topological polar surface area (TPSA) is 21.1 Å². The molecule has 2 heterocycles. The van der Waals surface area contributed by atoms with Crippen LogP contribution in [-0.2, 0) is 0 Å². The predicted octanol–water partition coefficient (Wildman–Crippen LogP) is 14.3. The minimum Gasteiger partial charge on any atom is -0.310 e. The van der Waals surface area contributed by atoms with E-state index >= 15 is 0 Å². The van der Waals surface area contributed by atoms with Crippen LogP contribution in [0, 0.1) is 0 Å². The molecule has 2 aromatic heterocycles. The average Bonchev–Trinajstić information content (AvgIpc) is 3.62. The quantitative estimate of drug-likeness (QED) is 0.156. The normalized spacial score (nSPS) is 11.2. The summed E-state index contributed by atoms with van der Waals surface area (Å²) in [6.45, 7) is 0. The highest BCUT2D eigenvalue weighted by molar-refractivity contribution is 6.10. The van der Waals surface area contributed by atoms with Crippen LogP contribution in [-0.4, -0.2) is 9.55 Å². The van der Waals surface area contributed by atoms with Gasteiger partial charge in [0.25, 0.3) is 0 Å². The summed E-state index contributed by atoms with van der Waals surface area (Å²) in [5, 5.41) is 2.49. The third kappa shape index (κ3) is 6.12. The lowest BCUT2D eigenvalue weighted by Crippen LogP contribution is -2.10. The molecule has 10 aromatic rings. The van der Waals surface area contributed by atoms with Gasteiger partial charge in [-0.1, -0.05) is 140 Å². The van der Waals surface area contributed by atoms with E-state index in [1.54, 1.807) is 0 Å². The van der Waals surface area contributed by atoms with Gasteiger partial charge in [0.1, 0.15) is 0 Å². The van der Waals surface area contributed by atoms with E-state index in [4.69, 9.17) is 0 Å². The summed E-state index contributed by atoms with van der Waals surface area (Å²) in [4.78, 5) is 6.71. The van der Waals surface area contributed by atoms with Crippen LogP contribution in [0.25, 0.3) is 72.0 Å². The van der Waals surface area contributed by atoms with E-state index in [0.29, 0.717) is 0 Å². The number of pyridine rings is 1. The maximum atomic E-state index is 4.35. The van der Waals surface area contributed by atoms with E-state index < -0.39 is 0 Å². The third-order valence-corrected chi connectivity index (χ3v) is 10.7. The first-order valence-corrected chi connectivity index (χ1v) is 19.0. The SMILES string of the molecule is c1ccc(-c2ccc(N(c3ccc(-c4cccnc4)cc3)c3ccc(-c4ccc5c(c4)c4ccccc4n5-c4ccccc4)cc3)cc2-c2ccccc2)cc1. The Morgan fingerprint density at radius 2 is 0.875 bits per heavy atom. The predicted molar refractivity (Wildman–Crippen MR) is 235 cm³/mol. The minimum absolute atomic E-state index is 1.08. The number of aromatic nitrogens is 2. The summed E-state index contributed by atoms with van der Waals surface area (Å²) in [7, 11) is 0. The summed E-state index contributed by atoms with van der Waals surface area (Å²) in [6, 6.07) is 76.2. The first kappa shape index (κ1) is 33.1. The van der Waals surface area contributed by atoms with Crippen LogP contribution < -0.4 is 4.90 Å². The number of fused-ring (bicyclic) bond motifs is 3. The molecule has 0 atom stereocenters. The Hall–Kier alpha value is -7.49. The van der Waals surface area contributed by atoms with E-state index in [9.17, 15) is 0 Å². The highest BCUT2D eigenvalue weighted by Gasteiger charge is 2.18. The molecule has 56 heavy (non-hydrogen) atoms. The first-order valence-electron chi connectivity index (χ1n) is 19.0. The van der Waals surface area contributed by atoms with E-state index in [1.165, 1.54) is 55.2 Å². The van der Waals surface area contributed by atoms with Crippen molar-refractivity contribution >= 4 is 38.9 Å².